The van der Waals surface area contributed by atoms with Crippen LogP contribution in [0.4, 0.5) is 0 Å². The summed E-state index contributed by atoms with van der Waals surface area (Å²) in [6.45, 7) is -0.204. The molecule has 33 heavy (non-hydrogen) atoms. The summed E-state index contributed by atoms with van der Waals surface area (Å²) in [7, 11) is 1.31. The maximum atomic E-state index is 13.3. The molecule has 0 bridgehead atoms. The van der Waals surface area contributed by atoms with E-state index >= 15 is 0 Å². The van der Waals surface area contributed by atoms with E-state index in [-0.39, 0.29) is 18.1 Å². The molecule has 0 amide bonds. The monoisotopic (exact) mass is 575 g/mol. The number of methoxy groups -OCH3 is 1. The van der Waals surface area contributed by atoms with E-state index in [1.165, 1.54) is 18.2 Å². The topological polar surface area (TPSA) is 82.8 Å². The van der Waals surface area contributed by atoms with Gasteiger partial charge in [-0.3, -0.25) is 4.79 Å². The standard InChI is InChI=1S/C24H23Br2N3O4/c1-32-21(30)14-33-22-18(25)11-15(12-19(22)26)13-27-29-23(16-7-3-2-4-8-16)28-20-10-6-5-9-17(20)24(29)31/h5-6,9-13,16H,2-4,7-8,14H2,1H3. The Morgan fingerprint density at radius 3 is 2.58 bits per heavy atom. The highest BCUT2D eigenvalue weighted by Crippen LogP contribution is 2.35. The van der Waals surface area contributed by atoms with Crippen LogP contribution in [-0.2, 0) is 9.53 Å². The Labute approximate surface area is 208 Å². The van der Waals surface area contributed by atoms with Crippen molar-refractivity contribution in [3.05, 3.63) is 67.1 Å². The zero-order valence-electron chi connectivity index (χ0n) is 18.1. The van der Waals surface area contributed by atoms with Crippen LogP contribution in [0.15, 0.2) is 55.2 Å². The third kappa shape index (κ3) is 5.35. The summed E-state index contributed by atoms with van der Waals surface area (Å²) in [5.74, 6) is 0.925. The minimum atomic E-state index is -0.474. The molecule has 0 radical (unpaired) electrons. The average Bonchev–Trinajstić information content (AvgIpc) is 2.83. The number of nitrogens with zero attached hydrogens (tertiary/aromatic N) is 3. The van der Waals surface area contributed by atoms with Gasteiger partial charge in [-0.1, -0.05) is 31.4 Å². The second-order valence-corrected chi connectivity index (χ2v) is 9.57. The van der Waals surface area contributed by atoms with Crippen molar-refractivity contribution in [1.82, 2.24) is 9.66 Å². The average molecular weight is 577 g/mol. The number of carbonyl (C=O) groups excluding carboxylic acids is 1. The summed E-state index contributed by atoms with van der Waals surface area (Å²) >= 11 is 6.94. The molecule has 1 aromatic heterocycles. The fourth-order valence-electron chi connectivity index (χ4n) is 3.98. The van der Waals surface area contributed by atoms with Crippen molar-refractivity contribution >= 4 is 54.9 Å². The Balaban J connectivity index is 1.71. The van der Waals surface area contributed by atoms with Crippen molar-refractivity contribution in [2.24, 2.45) is 5.10 Å². The lowest BCUT2D eigenvalue weighted by Gasteiger charge is -2.22. The van der Waals surface area contributed by atoms with Crippen LogP contribution >= 0.6 is 31.9 Å². The summed E-state index contributed by atoms with van der Waals surface area (Å²) in [4.78, 5) is 29.5. The van der Waals surface area contributed by atoms with Crippen molar-refractivity contribution < 1.29 is 14.3 Å². The quantitative estimate of drug-likeness (QED) is 0.290. The number of esters is 1. The van der Waals surface area contributed by atoms with E-state index < -0.39 is 5.97 Å². The van der Waals surface area contributed by atoms with Gasteiger partial charge in [0.15, 0.2) is 6.61 Å². The molecule has 0 unspecified atom stereocenters. The van der Waals surface area contributed by atoms with E-state index in [4.69, 9.17) is 9.72 Å². The molecule has 1 aliphatic carbocycles. The number of hydrogen-bond donors (Lipinski definition) is 0. The van der Waals surface area contributed by atoms with Crippen molar-refractivity contribution in [2.75, 3.05) is 13.7 Å². The predicted molar refractivity (Wildman–Crippen MR) is 134 cm³/mol. The lowest BCUT2D eigenvalue weighted by molar-refractivity contribution is -0.142. The number of aromatic nitrogens is 2. The molecule has 9 heteroatoms. The molecular formula is C24H23Br2N3O4. The molecule has 172 valence electrons. The first-order valence-electron chi connectivity index (χ1n) is 10.7. The molecule has 0 saturated heterocycles. The number of para-hydroxylation sites is 1. The van der Waals surface area contributed by atoms with Gasteiger partial charge in [0, 0.05) is 5.92 Å². The number of ether oxygens (including phenoxy) is 2. The second kappa shape index (κ2) is 10.6. The molecule has 1 fully saturated rings. The molecule has 7 nitrogen and oxygen atoms in total. The van der Waals surface area contributed by atoms with E-state index in [1.807, 2.05) is 18.2 Å². The molecule has 4 rings (SSSR count). The molecule has 1 saturated carbocycles. The fraction of sp³-hybridized carbons (Fsp3) is 0.333. The van der Waals surface area contributed by atoms with Gasteiger partial charge in [0.2, 0.25) is 0 Å². The second-order valence-electron chi connectivity index (χ2n) is 7.86. The van der Waals surface area contributed by atoms with Crippen LogP contribution in [0.25, 0.3) is 10.9 Å². The Morgan fingerprint density at radius 1 is 1.18 bits per heavy atom. The lowest BCUT2D eigenvalue weighted by atomic mass is 9.88. The van der Waals surface area contributed by atoms with Gasteiger partial charge in [-0.25, -0.2) is 9.78 Å². The molecule has 2 aromatic carbocycles. The summed E-state index contributed by atoms with van der Waals surface area (Å²) in [6.07, 6.45) is 7.11. The Hall–Kier alpha value is -2.52. The third-order valence-corrected chi connectivity index (χ3v) is 6.83. The minimum absolute atomic E-state index is 0.173. The van der Waals surface area contributed by atoms with Gasteiger partial charge >= 0.3 is 5.97 Å². The van der Waals surface area contributed by atoms with E-state index in [0.717, 1.165) is 31.2 Å². The highest BCUT2D eigenvalue weighted by atomic mass is 79.9. The Kier molecular flexibility index (Phi) is 7.60. The largest absolute Gasteiger partial charge is 0.480 e. The normalized spacial score (nSPS) is 14.6. The van der Waals surface area contributed by atoms with Gasteiger partial charge in [0.25, 0.3) is 5.56 Å². The number of fused-ring (bicyclic) bond motifs is 1. The first-order chi connectivity index (χ1) is 16.0. The van der Waals surface area contributed by atoms with Crippen LogP contribution in [-0.4, -0.2) is 35.6 Å². The van der Waals surface area contributed by atoms with Crippen molar-refractivity contribution in [3.63, 3.8) is 0 Å². The van der Waals surface area contributed by atoms with Gasteiger partial charge in [-0.05, 0) is 74.5 Å². The van der Waals surface area contributed by atoms with Crippen LogP contribution in [0.2, 0.25) is 0 Å². The van der Waals surface area contributed by atoms with Crippen LogP contribution in [0.1, 0.15) is 49.4 Å². The molecule has 1 aliphatic rings. The number of carbonyl (C=O) groups is 1. The smallest absolute Gasteiger partial charge is 0.343 e. The lowest BCUT2D eigenvalue weighted by Crippen LogP contribution is -2.25. The molecule has 0 aliphatic heterocycles. The first-order valence-corrected chi connectivity index (χ1v) is 12.3. The van der Waals surface area contributed by atoms with E-state index in [9.17, 15) is 9.59 Å². The van der Waals surface area contributed by atoms with Crippen LogP contribution in [0.5, 0.6) is 5.75 Å². The van der Waals surface area contributed by atoms with E-state index in [2.05, 4.69) is 41.7 Å². The highest BCUT2D eigenvalue weighted by Gasteiger charge is 2.22. The van der Waals surface area contributed by atoms with Gasteiger partial charge in [0.1, 0.15) is 11.6 Å². The highest BCUT2D eigenvalue weighted by molar-refractivity contribution is 9.11. The summed E-state index contributed by atoms with van der Waals surface area (Å²) < 4.78 is 12.9. The Morgan fingerprint density at radius 2 is 1.88 bits per heavy atom. The van der Waals surface area contributed by atoms with Gasteiger partial charge in [-0.2, -0.15) is 9.78 Å². The number of hydrogen-bond acceptors (Lipinski definition) is 6. The molecule has 1 heterocycles. The maximum absolute atomic E-state index is 13.3. The van der Waals surface area contributed by atoms with Crippen LogP contribution < -0.4 is 10.3 Å². The van der Waals surface area contributed by atoms with Gasteiger partial charge < -0.3 is 9.47 Å². The SMILES string of the molecule is COC(=O)COc1c(Br)cc(C=Nn2c(C3CCCCC3)nc3ccccc3c2=O)cc1Br. The molecule has 3 aromatic rings. The van der Waals surface area contributed by atoms with Crippen molar-refractivity contribution in [3.8, 4) is 5.75 Å². The fourth-order valence-corrected chi connectivity index (χ4v) is 5.43. The summed E-state index contributed by atoms with van der Waals surface area (Å²) in [5.41, 5.74) is 1.27. The zero-order valence-corrected chi connectivity index (χ0v) is 21.3. The van der Waals surface area contributed by atoms with E-state index in [1.54, 1.807) is 24.4 Å². The molecule has 0 spiro atoms. The van der Waals surface area contributed by atoms with Crippen LogP contribution in [0, 0.1) is 0 Å². The predicted octanol–water partition coefficient (Wildman–Crippen LogP) is 5.40. The summed E-state index contributed by atoms with van der Waals surface area (Å²) in [5, 5.41) is 5.11. The van der Waals surface area contributed by atoms with Gasteiger partial charge in [-0.15, -0.1) is 0 Å². The molecule has 0 atom stereocenters. The number of benzene rings is 2. The third-order valence-electron chi connectivity index (χ3n) is 5.65. The first kappa shape index (κ1) is 23.6. The summed E-state index contributed by atoms with van der Waals surface area (Å²) in [6, 6.07) is 11.0. The minimum Gasteiger partial charge on any atom is -0.480 e. The van der Waals surface area contributed by atoms with E-state index in [0.29, 0.717) is 31.4 Å². The maximum Gasteiger partial charge on any atom is 0.343 e. The Bertz CT molecular complexity index is 1240. The number of halogens is 2. The van der Waals surface area contributed by atoms with Crippen LogP contribution in [0.3, 0.4) is 0 Å². The number of rotatable bonds is 6. The van der Waals surface area contributed by atoms with Crippen molar-refractivity contribution in [1.29, 1.82) is 0 Å². The van der Waals surface area contributed by atoms with Gasteiger partial charge in [0.05, 0.1) is 33.2 Å². The molecule has 0 N–H and O–H groups in total. The zero-order chi connectivity index (χ0) is 23.4. The van der Waals surface area contributed by atoms with Crippen molar-refractivity contribution in [2.45, 2.75) is 38.0 Å². The molecular weight excluding hydrogens is 554 g/mol.